The van der Waals surface area contributed by atoms with Crippen molar-refractivity contribution in [3.63, 3.8) is 0 Å². The number of rotatable bonds is 11. The zero-order chi connectivity index (χ0) is 41.2. The van der Waals surface area contributed by atoms with Gasteiger partial charge in [0.25, 0.3) is 0 Å². The van der Waals surface area contributed by atoms with Crippen molar-refractivity contribution in [2.24, 2.45) is 5.92 Å². The first-order valence-electron chi connectivity index (χ1n) is 19.5. The summed E-state index contributed by atoms with van der Waals surface area (Å²) in [6, 6.07) is 6.53. The van der Waals surface area contributed by atoms with E-state index in [1.54, 1.807) is 35.2 Å². The second-order valence-electron chi connectivity index (χ2n) is 15.2. The van der Waals surface area contributed by atoms with Gasteiger partial charge in [-0.1, -0.05) is 13.8 Å². The minimum atomic E-state index is -0.934. The van der Waals surface area contributed by atoms with E-state index in [4.69, 9.17) is 18.9 Å². The highest BCUT2D eigenvalue weighted by atomic mass is 19.1. The standard InChI is InChI=1S/C41H49FN8O8/c1-21(2)34(47-40(53)56-5)38(51)49-13-7-10-31(49)37-44-20-29(46-37)26-18-33-25(17-27(26)42)16-24-15-23(11-12-32(24)58-33)28-19-43-36(45-28)30-9-8-14-50(30)39(52)35(22(3)55-4)48-41(54)57-6/h11-12,15,17-22,30-31,34-35H,7-10,13-14,16H2,1-6H3,(H,43,45)(H,44,46)(H,47,53)(H,48,54)/t22-,30+,31+,34+,35+/m1/s1. The predicted octanol–water partition coefficient (Wildman–Crippen LogP) is 5.77. The Kier molecular flexibility index (Phi) is 11.7. The van der Waals surface area contributed by atoms with Crippen LogP contribution < -0.4 is 15.4 Å². The SMILES string of the molecule is COC(=O)N[C@H](C(=O)N1CCC[C@H]1c1ncc(-c2cc3c(cc2F)Cc2cc(-c4cnc([C@@H]5CCCN5C(=O)[C@@H](NC(=O)OC)[C@@H](C)OC)[nH]4)ccc2O3)[nH]1)C(C)C. The lowest BCUT2D eigenvalue weighted by atomic mass is 9.96. The summed E-state index contributed by atoms with van der Waals surface area (Å²) in [5.41, 5.74) is 3.88. The minimum Gasteiger partial charge on any atom is -0.457 e. The molecule has 2 aromatic heterocycles. The summed E-state index contributed by atoms with van der Waals surface area (Å²) in [7, 11) is 3.98. The molecule has 58 heavy (non-hydrogen) atoms. The number of halogens is 1. The number of imidazole rings is 2. The molecule has 0 bridgehead atoms. The van der Waals surface area contributed by atoms with E-state index in [0.29, 0.717) is 66.8 Å². The fraction of sp³-hybridized carbons (Fsp3) is 0.463. The molecule has 308 valence electrons. The molecule has 0 spiro atoms. The Balaban J connectivity index is 1.05. The minimum absolute atomic E-state index is 0.171. The first-order valence-corrected chi connectivity index (χ1v) is 19.5. The molecule has 5 atom stereocenters. The molecule has 4 aromatic rings. The molecule has 16 nitrogen and oxygen atoms in total. The third-order valence-electron chi connectivity index (χ3n) is 11.3. The Bertz CT molecular complexity index is 2190. The van der Waals surface area contributed by atoms with Crippen LogP contribution in [0.3, 0.4) is 0 Å². The molecule has 2 aromatic carbocycles. The van der Waals surface area contributed by atoms with E-state index >= 15 is 4.39 Å². The molecule has 5 heterocycles. The molecule has 4 amide bonds. The van der Waals surface area contributed by atoms with Crippen molar-refractivity contribution in [1.29, 1.82) is 0 Å². The first kappa shape index (κ1) is 40.2. The summed E-state index contributed by atoms with van der Waals surface area (Å²) in [6.07, 6.45) is 4.62. The number of nitrogens with zero attached hydrogens (tertiary/aromatic N) is 4. The highest BCUT2D eigenvalue weighted by Crippen LogP contribution is 2.42. The van der Waals surface area contributed by atoms with Crippen LogP contribution in [0.1, 0.15) is 81.3 Å². The van der Waals surface area contributed by atoms with Crippen LogP contribution in [0.15, 0.2) is 42.7 Å². The van der Waals surface area contributed by atoms with Crippen LogP contribution in [0, 0.1) is 11.7 Å². The van der Waals surface area contributed by atoms with Crippen LogP contribution in [0.2, 0.25) is 0 Å². The topological polar surface area (TPSA) is 193 Å². The number of alkyl carbamates (subject to hydrolysis) is 2. The van der Waals surface area contributed by atoms with Crippen LogP contribution in [-0.2, 0) is 30.2 Å². The zero-order valence-corrected chi connectivity index (χ0v) is 33.4. The average molecular weight is 801 g/mol. The fourth-order valence-electron chi connectivity index (χ4n) is 8.03. The van der Waals surface area contributed by atoms with E-state index in [9.17, 15) is 19.2 Å². The van der Waals surface area contributed by atoms with Crippen molar-refractivity contribution in [2.45, 2.75) is 83.1 Å². The monoisotopic (exact) mass is 800 g/mol. The van der Waals surface area contributed by atoms with Crippen LogP contribution in [0.25, 0.3) is 22.5 Å². The van der Waals surface area contributed by atoms with E-state index in [0.717, 1.165) is 29.7 Å². The number of amides is 4. The summed E-state index contributed by atoms with van der Waals surface area (Å²) in [6.45, 7) is 6.43. The number of aromatic nitrogens is 4. The van der Waals surface area contributed by atoms with Gasteiger partial charge < -0.3 is 49.3 Å². The van der Waals surface area contributed by atoms with Crippen LogP contribution in [0.4, 0.5) is 14.0 Å². The number of ether oxygens (including phenoxy) is 4. The van der Waals surface area contributed by atoms with E-state index in [1.807, 2.05) is 32.0 Å². The van der Waals surface area contributed by atoms with Crippen molar-refractivity contribution >= 4 is 24.0 Å². The van der Waals surface area contributed by atoms with Gasteiger partial charge in [0, 0.05) is 43.3 Å². The predicted molar refractivity (Wildman–Crippen MR) is 208 cm³/mol. The van der Waals surface area contributed by atoms with Gasteiger partial charge in [0.05, 0.1) is 56.2 Å². The number of likely N-dealkylation sites (tertiary alicyclic amines) is 2. The van der Waals surface area contributed by atoms with Gasteiger partial charge in [-0.25, -0.2) is 23.9 Å². The van der Waals surface area contributed by atoms with E-state index < -0.39 is 36.2 Å². The van der Waals surface area contributed by atoms with Crippen molar-refractivity contribution in [1.82, 2.24) is 40.4 Å². The number of methoxy groups -OCH3 is 3. The number of carbonyl (C=O) groups excluding carboxylic acids is 4. The van der Waals surface area contributed by atoms with E-state index in [2.05, 4.69) is 30.6 Å². The van der Waals surface area contributed by atoms with Gasteiger partial charge in [0.1, 0.15) is 41.0 Å². The third kappa shape index (κ3) is 7.95. The van der Waals surface area contributed by atoms with Crippen LogP contribution >= 0.6 is 0 Å². The maximum atomic E-state index is 15.9. The van der Waals surface area contributed by atoms with Crippen molar-refractivity contribution in [3.05, 3.63) is 71.3 Å². The zero-order valence-electron chi connectivity index (χ0n) is 33.4. The van der Waals surface area contributed by atoms with Gasteiger partial charge in [0.2, 0.25) is 11.8 Å². The highest BCUT2D eigenvalue weighted by Gasteiger charge is 2.40. The summed E-state index contributed by atoms with van der Waals surface area (Å²) >= 11 is 0. The molecule has 17 heteroatoms. The number of hydrogen-bond acceptors (Lipinski definition) is 10. The van der Waals surface area contributed by atoms with Crippen LogP contribution in [-0.4, -0.2) is 106 Å². The van der Waals surface area contributed by atoms with Gasteiger partial charge in [-0.2, -0.15) is 0 Å². The number of hydrogen-bond donors (Lipinski definition) is 4. The lowest BCUT2D eigenvalue weighted by Crippen LogP contribution is -2.54. The molecule has 0 radical (unpaired) electrons. The molecule has 3 aliphatic rings. The summed E-state index contributed by atoms with van der Waals surface area (Å²) in [5.74, 6) is 1.20. The molecular formula is C41H49FN8O8. The Morgan fingerprint density at radius 3 is 1.97 bits per heavy atom. The summed E-state index contributed by atoms with van der Waals surface area (Å²) in [5, 5.41) is 5.25. The van der Waals surface area contributed by atoms with Gasteiger partial charge in [-0.15, -0.1) is 0 Å². The van der Waals surface area contributed by atoms with E-state index in [-0.39, 0.29) is 35.4 Å². The Morgan fingerprint density at radius 2 is 1.36 bits per heavy atom. The summed E-state index contributed by atoms with van der Waals surface area (Å²) < 4.78 is 37.1. The summed E-state index contributed by atoms with van der Waals surface area (Å²) in [4.78, 5) is 70.6. The smallest absolute Gasteiger partial charge is 0.407 e. The highest BCUT2D eigenvalue weighted by molar-refractivity contribution is 5.87. The molecule has 7 rings (SSSR count). The average Bonchev–Trinajstić information content (AvgIpc) is 4.06. The number of carbonyl (C=O) groups is 4. The molecule has 0 aliphatic carbocycles. The largest absolute Gasteiger partial charge is 0.457 e. The molecule has 3 aliphatic heterocycles. The molecule has 0 unspecified atom stereocenters. The maximum Gasteiger partial charge on any atom is 0.407 e. The number of fused-ring (bicyclic) bond motifs is 2. The van der Waals surface area contributed by atoms with Crippen molar-refractivity contribution in [2.75, 3.05) is 34.4 Å². The normalized spacial score (nSPS) is 18.8. The molecule has 4 N–H and O–H groups in total. The second-order valence-corrected chi connectivity index (χ2v) is 15.2. The Morgan fingerprint density at radius 1 is 0.793 bits per heavy atom. The second kappa shape index (κ2) is 16.9. The lowest BCUT2D eigenvalue weighted by molar-refractivity contribution is -0.137. The van der Waals surface area contributed by atoms with Crippen LogP contribution in [0.5, 0.6) is 11.5 Å². The quantitative estimate of drug-likeness (QED) is 0.128. The number of aromatic amines is 2. The van der Waals surface area contributed by atoms with Crippen molar-refractivity contribution in [3.8, 4) is 34.0 Å². The molecule has 2 fully saturated rings. The lowest BCUT2D eigenvalue weighted by Gasteiger charge is -2.30. The first-order chi connectivity index (χ1) is 27.9. The Labute approximate surface area is 335 Å². The van der Waals surface area contributed by atoms with Gasteiger partial charge in [-0.3, -0.25) is 9.59 Å². The number of H-pyrrole nitrogens is 2. The van der Waals surface area contributed by atoms with E-state index in [1.165, 1.54) is 27.4 Å². The molecule has 2 saturated heterocycles. The maximum absolute atomic E-state index is 15.9. The van der Waals surface area contributed by atoms with Crippen molar-refractivity contribution < 1.29 is 42.5 Å². The third-order valence-corrected chi connectivity index (χ3v) is 11.3. The number of benzene rings is 2. The Hall–Kier alpha value is -5.97. The van der Waals surface area contributed by atoms with Gasteiger partial charge in [-0.05, 0) is 74.4 Å². The molecular weight excluding hydrogens is 751 g/mol. The number of nitrogens with one attached hydrogen (secondary N) is 4. The van der Waals surface area contributed by atoms with Gasteiger partial charge >= 0.3 is 12.2 Å². The van der Waals surface area contributed by atoms with Gasteiger partial charge in [0.15, 0.2) is 0 Å². The molecule has 0 saturated carbocycles. The fourth-order valence-corrected chi connectivity index (χ4v) is 8.03.